The van der Waals surface area contributed by atoms with Gasteiger partial charge in [-0.05, 0) is 30.0 Å². The molecule has 6 heteroatoms. The normalized spacial score (nSPS) is 11.8. The molecule has 2 rings (SSSR count). The molecule has 1 aromatic carbocycles. The number of hydrogen-bond acceptors (Lipinski definition) is 3. The van der Waals surface area contributed by atoms with E-state index >= 15 is 0 Å². The Labute approximate surface area is 146 Å². The summed E-state index contributed by atoms with van der Waals surface area (Å²) in [7, 11) is 1.52. The minimum absolute atomic E-state index is 0.0164. The van der Waals surface area contributed by atoms with Crippen LogP contribution in [0.5, 0.6) is 0 Å². The van der Waals surface area contributed by atoms with Gasteiger partial charge in [0.2, 0.25) is 5.91 Å². The van der Waals surface area contributed by atoms with E-state index in [-0.39, 0.29) is 17.4 Å². The number of carbonyl (C=O) groups is 2. The van der Waals surface area contributed by atoms with Crippen LogP contribution >= 0.6 is 0 Å². The molecule has 6 nitrogen and oxygen atoms in total. The van der Waals surface area contributed by atoms with Crippen molar-refractivity contribution in [1.29, 1.82) is 0 Å². The number of nitrogens with one attached hydrogen (secondary N) is 3. The Morgan fingerprint density at radius 1 is 1.08 bits per heavy atom. The second-order valence-electron chi connectivity index (χ2n) is 6.25. The largest absolute Gasteiger partial charge is 0.357 e. The Balaban J connectivity index is 2.21. The van der Waals surface area contributed by atoms with Crippen LogP contribution in [0.3, 0.4) is 0 Å². The summed E-state index contributed by atoms with van der Waals surface area (Å²) in [5, 5.41) is 5.18. The lowest BCUT2D eigenvalue weighted by Crippen LogP contribution is -2.47. The van der Waals surface area contributed by atoms with Gasteiger partial charge in [0.15, 0.2) is 0 Å². The fraction of sp³-hybridized carbons (Fsp3) is 0.316. The van der Waals surface area contributed by atoms with Crippen molar-refractivity contribution in [3.8, 4) is 11.3 Å². The van der Waals surface area contributed by atoms with Crippen LogP contribution in [0.15, 0.2) is 47.3 Å². The number of aromatic amines is 1. The predicted octanol–water partition coefficient (Wildman–Crippen LogP) is 1.93. The van der Waals surface area contributed by atoms with Crippen molar-refractivity contribution in [3.63, 3.8) is 0 Å². The molecule has 1 aromatic heterocycles. The molecule has 2 amide bonds. The molecule has 0 bridgehead atoms. The van der Waals surface area contributed by atoms with Gasteiger partial charge in [0.05, 0.1) is 0 Å². The van der Waals surface area contributed by atoms with E-state index < -0.39 is 17.5 Å². The molecule has 2 aromatic rings. The Hall–Kier alpha value is -2.89. The fourth-order valence-corrected chi connectivity index (χ4v) is 2.55. The van der Waals surface area contributed by atoms with Crippen LogP contribution in [-0.2, 0) is 4.79 Å². The van der Waals surface area contributed by atoms with E-state index in [1.807, 2.05) is 44.2 Å². The minimum Gasteiger partial charge on any atom is -0.357 e. The van der Waals surface area contributed by atoms with Gasteiger partial charge in [-0.3, -0.25) is 14.4 Å². The van der Waals surface area contributed by atoms with Crippen molar-refractivity contribution in [2.45, 2.75) is 26.3 Å². The Bertz CT molecular complexity index is 797. The summed E-state index contributed by atoms with van der Waals surface area (Å²) in [6.07, 6.45) is 0.491. The highest BCUT2D eigenvalue weighted by Crippen LogP contribution is 2.14. The quantitative estimate of drug-likeness (QED) is 0.750. The average molecular weight is 341 g/mol. The first-order valence-corrected chi connectivity index (χ1v) is 8.23. The smallest absolute Gasteiger partial charge is 0.261 e. The molecule has 0 radical (unpaired) electrons. The van der Waals surface area contributed by atoms with Gasteiger partial charge in [-0.25, -0.2) is 0 Å². The standard InChI is InChI=1S/C19H23N3O3/c1-12(2)11-16(19(25)20-3)22-18(24)14-9-10-15(21-17(14)23)13-7-5-4-6-8-13/h4-10,12,16H,11H2,1-3H3,(H,20,25)(H,21,23)(H,22,24)/t16-/m1/s1. The maximum Gasteiger partial charge on any atom is 0.261 e. The first-order valence-electron chi connectivity index (χ1n) is 8.23. The number of amides is 2. The lowest BCUT2D eigenvalue weighted by Gasteiger charge is -2.19. The molecule has 0 saturated heterocycles. The van der Waals surface area contributed by atoms with Crippen molar-refractivity contribution >= 4 is 11.8 Å². The number of benzene rings is 1. The molecule has 1 heterocycles. The van der Waals surface area contributed by atoms with Gasteiger partial charge < -0.3 is 15.6 Å². The summed E-state index contributed by atoms with van der Waals surface area (Å²) in [6.45, 7) is 3.92. The van der Waals surface area contributed by atoms with Crippen LogP contribution in [0.25, 0.3) is 11.3 Å². The molecule has 0 spiro atoms. The van der Waals surface area contributed by atoms with Crippen molar-refractivity contribution in [1.82, 2.24) is 15.6 Å². The highest BCUT2D eigenvalue weighted by molar-refractivity contribution is 5.97. The molecule has 0 fully saturated rings. The molecule has 25 heavy (non-hydrogen) atoms. The SMILES string of the molecule is CNC(=O)[C@@H](CC(C)C)NC(=O)c1ccc(-c2ccccc2)[nH]c1=O. The van der Waals surface area contributed by atoms with E-state index in [0.717, 1.165) is 5.56 Å². The molecular formula is C19H23N3O3. The van der Waals surface area contributed by atoms with Gasteiger partial charge in [0, 0.05) is 12.7 Å². The van der Waals surface area contributed by atoms with Gasteiger partial charge in [0.1, 0.15) is 11.6 Å². The van der Waals surface area contributed by atoms with Gasteiger partial charge in [-0.2, -0.15) is 0 Å². The number of aromatic nitrogens is 1. The Kier molecular flexibility index (Phi) is 6.11. The summed E-state index contributed by atoms with van der Waals surface area (Å²) in [6, 6.07) is 11.9. The van der Waals surface area contributed by atoms with E-state index in [1.165, 1.54) is 13.1 Å². The lowest BCUT2D eigenvalue weighted by atomic mass is 10.0. The number of likely N-dealkylation sites (N-methyl/N-ethyl adjacent to an activating group) is 1. The van der Waals surface area contributed by atoms with E-state index in [2.05, 4.69) is 15.6 Å². The third-order valence-corrected chi connectivity index (χ3v) is 3.81. The first kappa shape index (κ1) is 18.4. The maximum atomic E-state index is 12.4. The maximum absolute atomic E-state index is 12.4. The zero-order chi connectivity index (χ0) is 18.4. The third kappa shape index (κ3) is 4.79. The van der Waals surface area contributed by atoms with Gasteiger partial charge >= 0.3 is 0 Å². The van der Waals surface area contributed by atoms with Crippen LogP contribution < -0.4 is 16.2 Å². The number of hydrogen-bond donors (Lipinski definition) is 3. The van der Waals surface area contributed by atoms with Crippen molar-refractivity contribution in [2.24, 2.45) is 5.92 Å². The highest BCUT2D eigenvalue weighted by Gasteiger charge is 2.22. The molecule has 0 aliphatic carbocycles. The van der Waals surface area contributed by atoms with Crippen LogP contribution in [0.2, 0.25) is 0 Å². The Morgan fingerprint density at radius 3 is 2.32 bits per heavy atom. The topological polar surface area (TPSA) is 91.1 Å². The summed E-state index contributed by atoms with van der Waals surface area (Å²) in [5.41, 5.74) is 0.984. The monoisotopic (exact) mass is 341 g/mol. The predicted molar refractivity (Wildman–Crippen MR) is 97.3 cm³/mol. The summed E-state index contributed by atoms with van der Waals surface area (Å²) < 4.78 is 0. The first-order chi connectivity index (χ1) is 11.9. The fourth-order valence-electron chi connectivity index (χ4n) is 2.55. The molecular weight excluding hydrogens is 318 g/mol. The second-order valence-corrected chi connectivity index (χ2v) is 6.25. The van der Waals surface area contributed by atoms with Crippen LogP contribution in [0.1, 0.15) is 30.6 Å². The lowest BCUT2D eigenvalue weighted by molar-refractivity contribution is -0.122. The molecule has 0 aliphatic heterocycles. The zero-order valence-electron chi connectivity index (χ0n) is 14.6. The second kappa shape index (κ2) is 8.28. The van der Waals surface area contributed by atoms with Gasteiger partial charge in [0.25, 0.3) is 11.5 Å². The number of H-pyrrole nitrogens is 1. The molecule has 132 valence electrons. The highest BCUT2D eigenvalue weighted by atomic mass is 16.2. The zero-order valence-corrected chi connectivity index (χ0v) is 14.6. The minimum atomic E-state index is -0.675. The van der Waals surface area contributed by atoms with E-state index in [4.69, 9.17) is 0 Å². The number of carbonyl (C=O) groups excluding carboxylic acids is 2. The van der Waals surface area contributed by atoms with Crippen LogP contribution in [-0.4, -0.2) is 29.9 Å². The number of pyridine rings is 1. The molecule has 0 aliphatic rings. The van der Waals surface area contributed by atoms with E-state index in [1.54, 1.807) is 6.07 Å². The summed E-state index contributed by atoms with van der Waals surface area (Å²) in [4.78, 5) is 39.3. The van der Waals surface area contributed by atoms with E-state index in [9.17, 15) is 14.4 Å². The van der Waals surface area contributed by atoms with Gasteiger partial charge in [-0.15, -0.1) is 0 Å². The van der Waals surface area contributed by atoms with Crippen molar-refractivity contribution < 1.29 is 9.59 Å². The molecule has 0 unspecified atom stereocenters. The van der Waals surface area contributed by atoms with Crippen molar-refractivity contribution in [3.05, 3.63) is 58.4 Å². The molecule has 1 atom stereocenters. The number of rotatable bonds is 6. The summed E-state index contributed by atoms with van der Waals surface area (Å²) in [5.74, 6) is -0.615. The average Bonchev–Trinajstić information content (AvgIpc) is 2.60. The van der Waals surface area contributed by atoms with Crippen LogP contribution in [0.4, 0.5) is 0 Å². The summed E-state index contributed by atoms with van der Waals surface area (Å²) >= 11 is 0. The Morgan fingerprint density at radius 2 is 1.76 bits per heavy atom. The third-order valence-electron chi connectivity index (χ3n) is 3.81. The van der Waals surface area contributed by atoms with Crippen LogP contribution in [0, 0.1) is 5.92 Å². The van der Waals surface area contributed by atoms with Gasteiger partial charge in [-0.1, -0.05) is 44.2 Å². The molecule has 3 N–H and O–H groups in total. The molecule has 0 saturated carbocycles. The van der Waals surface area contributed by atoms with E-state index in [0.29, 0.717) is 12.1 Å². The van der Waals surface area contributed by atoms with Crippen molar-refractivity contribution in [2.75, 3.05) is 7.05 Å².